The number of para-hydroxylation sites is 1. The molecular weight excluding hydrogens is 755 g/mol. The molecule has 11 aromatic rings. The van der Waals surface area contributed by atoms with Crippen LogP contribution in [0.1, 0.15) is 11.3 Å². The number of benzene rings is 8. The van der Waals surface area contributed by atoms with Gasteiger partial charge in [0.15, 0.2) is 0 Å². The summed E-state index contributed by atoms with van der Waals surface area (Å²) in [5.74, 6) is 0.686. The average Bonchev–Trinajstić information content (AvgIpc) is 3.85. The second-order valence-electron chi connectivity index (χ2n) is 15.3. The van der Waals surface area contributed by atoms with Crippen LogP contribution in [0.5, 0.6) is 0 Å². The first kappa shape index (κ1) is 34.3. The molecule has 0 radical (unpaired) electrons. The summed E-state index contributed by atoms with van der Waals surface area (Å²) in [5, 5.41) is 7.53. The van der Waals surface area contributed by atoms with E-state index < -0.39 is 10.0 Å². The van der Waals surface area contributed by atoms with Gasteiger partial charge >= 0.3 is 0 Å². The second-order valence-corrected chi connectivity index (χ2v) is 19.7. The summed E-state index contributed by atoms with van der Waals surface area (Å²) in [7, 11) is -1.78. The van der Waals surface area contributed by atoms with Crippen molar-refractivity contribution in [2.24, 2.45) is 0 Å². The molecule has 1 atom stereocenters. The van der Waals surface area contributed by atoms with E-state index in [-0.39, 0.29) is 5.25 Å². The van der Waals surface area contributed by atoms with Gasteiger partial charge in [0.2, 0.25) is 5.95 Å². The van der Waals surface area contributed by atoms with Gasteiger partial charge in [-0.15, -0.1) is 11.3 Å². The minimum Gasteiger partial charge on any atom is -0.278 e. The summed E-state index contributed by atoms with van der Waals surface area (Å²) < 4.78 is 4.92. The molecule has 1 aliphatic rings. The Kier molecular flexibility index (Phi) is 7.94. The van der Waals surface area contributed by atoms with Crippen LogP contribution in [0.4, 0.5) is 0 Å². The summed E-state index contributed by atoms with van der Waals surface area (Å²) in [4.78, 5) is 15.0. The molecule has 0 bridgehead atoms. The van der Waals surface area contributed by atoms with Crippen LogP contribution in [0.15, 0.2) is 215 Å². The summed E-state index contributed by atoms with van der Waals surface area (Å²) in [6.07, 6.45) is 5.75. The highest BCUT2D eigenvalue weighted by Crippen LogP contribution is 2.72. The van der Waals surface area contributed by atoms with Crippen molar-refractivity contribution in [1.29, 1.82) is 0 Å². The second kappa shape index (κ2) is 13.7. The Morgan fingerprint density at radius 1 is 0.525 bits per heavy atom. The molecule has 0 saturated heterocycles. The van der Waals surface area contributed by atoms with E-state index in [0.29, 0.717) is 5.95 Å². The van der Waals surface area contributed by atoms with Crippen LogP contribution in [0, 0.1) is 0 Å². The van der Waals surface area contributed by atoms with Gasteiger partial charge < -0.3 is 0 Å². The van der Waals surface area contributed by atoms with E-state index in [1.165, 1.54) is 56.6 Å². The largest absolute Gasteiger partial charge is 0.278 e. The van der Waals surface area contributed by atoms with Gasteiger partial charge in [-0.2, -0.15) is 10.0 Å². The number of nitrogens with zero attached hydrogens (tertiary/aromatic N) is 3. The maximum absolute atomic E-state index is 5.56. The molecule has 3 nitrogen and oxygen atoms in total. The molecular formula is C54H37N3S2. The maximum atomic E-state index is 5.56. The smallest absolute Gasteiger partial charge is 0.235 e. The maximum Gasteiger partial charge on any atom is 0.235 e. The van der Waals surface area contributed by atoms with Crippen LogP contribution < -0.4 is 0 Å². The fraction of sp³-hybridized carbons (Fsp3) is 0.0370. The normalized spacial score (nSPS) is 14.4. The van der Waals surface area contributed by atoms with E-state index in [1.54, 1.807) is 0 Å². The summed E-state index contributed by atoms with van der Waals surface area (Å²) >= 11 is 1.84. The molecule has 12 rings (SSSR count). The number of fused-ring (bicyclic) bond motifs is 9. The van der Waals surface area contributed by atoms with Gasteiger partial charge in [0.1, 0.15) is 0 Å². The Labute approximate surface area is 347 Å². The standard InChI is InChI=1S/C54H37N3S2/c1-4-17-38(18-5-1)59(39-19-6-2-7-20-39,40-21-8-3-9-22-40)41-30-32-48-46(35-41)52-42-23-11-10-16-36(42)28-31-49(52)57(48)54-55-47-26-14-12-25-44(47)53(56-54)37-29-33-51-45(34-37)43-24-13-15-27-50(43)58-51/h1-34,41H,35H2. The first-order valence-corrected chi connectivity index (χ1v) is 22.7. The van der Waals surface area contributed by atoms with Crippen molar-refractivity contribution in [3.05, 3.63) is 211 Å². The fourth-order valence-corrected chi connectivity index (χ4v) is 15.0. The van der Waals surface area contributed by atoms with E-state index >= 15 is 0 Å². The zero-order valence-corrected chi connectivity index (χ0v) is 33.7. The van der Waals surface area contributed by atoms with Crippen LogP contribution in [0.2, 0.25) is 0 Å². The van der Waals surface area contributed by atoms with Crippen LogP contribution in [-0.2, 0) is 6.42 Å². The molecule has 8 aromatic carbocycles. The Hall–Kier alpha value is -6.79. The third kappa shape index (κ3) is 5.28. The molecule has 3 heterocycles. The molecule has 5 heteroatoms. The Bertz CT molecular complexity index is 3330. The molecule has 3 aromatic heterocycles. The number of aromatic nitrogens is 3. The van der Waals surface area contributed by atoms with Gasteiger partial charge in [0.25, 0.3) is 0 Å². The van der Waals surface area contributed by atoms with Crippen molar-refractivity contribution in [3.63, 3.8) is 0 Å². The van der Waals surface area contributed by atoms with Gasteiger partial charge in [-0.3, -0.25) is 4.57 Å². The molecule has 1 unspecified atom stereocenters. The number of hydrogen-bond acceptors (Lipinski definition) is 3. The van der Waals surface area contributed by atoms with Crippen molar-refractivity contribution in [2.75, 3.05) is 0 Å². The van der Waals surface area contributed by atoms with E-state index in [2.05, 4.69) is 211 Å². The average molecular weight is 792 g/mol. The molecule has 0 N–H and O–H groups in total. The molecule has 1 aliphatic carbocycles. The van der Waals surface area contributed by atoms with Crippen LogP contribution >= 0.6 is 21.4 Å². The molecule has 0 aliphatic heterocycles. The van der Waals surface area contributed by atoms with Crippen molar-refractivity contribution in [1.82, 2.24) is 14.5 Å². The zero-order chi connectivity index (χ0) is 38.9. The summed E-state index contributed by atoms with van der Waals surface area (Å²) in [6.45, 7) is 0. The molecule has 59 heavy (non-hydrogen) atoms. The summed E-state index contributed by atoms with van der Waals surface area (Å²) in [5.41, 5.74) is 6.58. The third-order valence-corrected chi connectivity index (χ3v) is 17.5. The third-order valence-electron chi connectivity index (χ3n) is 12.1. The highest BCUT2D eigenvalue weighted by molar-refractivity contribution is 8.34. The Morgan fingerprint density at radius 2 is 1.14 bits per heavy atom. The van der Waals surface area contributed by atoms with E-state index in [0.717, 1.165) is 39.8 Å². The predicted molar refractivity (Wildman–Crippen MR) is 250 cm³/mol. The monoisotopic (exact) mass is 791 g/mol. The van der Waals surface area contributed by atoms with Crippen LogP contribution in [0.3, 0.4) is 0 Å². The van der Waals surface area contributed by atoms with E-state index in [1.807, 2.05) is 11.3 Å². The summed E-state index contributed by atoms with van der Waals surface area (Å²) in [6, 6.07) is 71.0. The highest BCUT2D eigenvalue weighted by Gasteiger charge is 2.40. The van der Waals surface area contributed by atoms with E-state index in [9.17, 15) is 0 Å². The number of thiophene rings is 1. The van der Waals surface area contributed by atoms with E-state index in [4.69, 9.17) is 9.97 Å². The van der Waals surface area contributed by atoms with Gasteiger partial charge in [-0.05, 0) is 110 Å². The van der Waals surface area contributed by atoms with Crippen LogP contribution in [-0.4, -0.2) is 19.8 Å². The van der Waals surface area contributed by atoms with Crippen molar-refractivity contribution >= 4 is 80.2 Å². The Morgan fingerprint density at radius 3 is 1.86 bits per heavy atom. The zero-order valence-electron chi connectivity index (χ0n) is 32.1. The van der Waals surface area contributed by atoms with Crippen molar-refractivity contribution in [3.8, 4) is 17.2 Å². The SMILES string of the molecule is C1=CC(S(c2ccccc2)(c2ccccc2)c2ccccc2)Cc2c1n(-c1nc(-c3ccc4sc5ccccc5c4c3)c3ccccc3n1)c1ccc3ccccc3c21. The lowest BCUT2D eigenvalue weighted by atomic mass is 9.97. The first-order chi connectivity index (χ1) is 29.3. The van der Waals surface area contributed by atoms with Gasteiger partial charge in [-0.1, -0.05) is 133 Å². The molecule has 0 saturated carbocycles. The number of rotatable bonds is 6. The van der Waals surface area contributed by atoms with Crippen molar-refractivity contribution in [2.45, 2.75) is 26.4 Å². The van der Waals surface area contributed by atoms with Gasteiger partial charge in [0, 0.05) is 41.8 Å². The lowest BCUT2D eigenvalue weighted by Crippen LogP contribution is -2.23. The topological polar surface area (TPSA) is 30.7 Å². The molecule has 280 valence electrons. The lowest BCUT2D eigenvalue weighted by Gasteiger charge is -2.47. The minimum absolute atomic E-state index is 0.181. The predicted octanol–water partition coefficient (Wildman–Crippen LogP) is 14.7. The number of hydrogen-bond donors (Lipinski definition) is 0. The molecule has 0 fully saturated rings. The first-order valence-electron chi connectivity index (χ1n) is 20.2. The van der Waals surface area contributed by atoms with Gasteiger partial charge in [-0.25, -0.2) is 9.97 Å². The highest BCUT2D eigenvalue weighted by atomic mass is 32.3. The molecule has 0 amide bonds. The lowest BCUT2D eigenvalue weighted by molar-refractivity contribution is 0.925. The minimum atomic E-state index is -1.78. The van der Waals surface area contributed by atoms with Crippen LogP contribution in [0.25, 0.3) is 76.0 Å². The van der Waals surface area contributed by atoms with Crippen molar-refractivity contribution < 1.29 is 0 Å². The Balaban J connectivity index is 1.12. The quantitative estimate of drug-likeness (QED) is 0.168. The fourth-order valence-electron chi connectivity index (χ4n) is 9.56. The molecule has 0 spiro atoms. The van der Waals surface area contributed by atoms with Gasteiger partial charge in [0.05, 0.1) is 22.4 Å².